The molecule has 0 spiro atoms. The number of nitrogens with two attached hydrogens (primary N) is 1. The number of piperazine rings is 1. The molecule has 2 aliphatic heterocycles. The molecule has 0 atom stereocenters. The maximum Gasteiger partial charge on any atom is 0.416 e. The van der Waals surface area contributed by atoms with E-state index in [0.717, 1.165) is 37.6 Å². The molecule has 0 saturated carbocycles. The molecule has 4 rings (SSSR count). The highest BCUT2D eigenvalue weighted by Crippen LogP contribution is 2.35. The molecular formula is C20H25F3N6O. The standard InChI is InChI=1S/C20H25F3N6O/c21-20(22,23)16-4-3-15(17(13-16)27-6-1-2-7-27)14-26-9-11-28(12-10-26)19(30)29-8-5-18(24)25-29/h3-5,8,13H,1-2,6-7,9-12,14H2,(H2,24,25). The molecule has 0 radical (unpaired) electrons. The number of aromatic nitrogens is 2. The molecule has 2 fully saturated rings. The molecule has 2 aromatic rings. The number of benzene rings is 1. The van der Waals surface area contributed by atoms with Gasteiger partial charge in [0.25, 0.3) is 0 Å². The summed E-state index contributed by atoms with van der Waals surface area (Å²) in [6.07, 6.45) is -0.827. The third-order valence-electron chi connectivity index (χ3n) is 5.70. The first-order chi connectivity index (χ1) is 14.3. The zero-order chi connectivity index (χ0) is 21.3. The smallest absolute Gasteiger partial charge is 0.382 e. The monoisotopic (exact) mass is 422 g/mol. The Bertz CT molecular complexity index is 898. The normalized spacial score (nSPS) is 18.2. The Morgan fingerprint density at radius 3 is 2.33 bits per heavy atom. The predicted molar refractivity (Wildman–Crippen MR) is 107 cm³/mol. The van der Waals surface area contributed by atoms with E-state index in [4.69, 9.17) is 5.73 Å². The van der Waals surface area contributed by atoms with Crippen LogP contribution in [-0.4, -0.2) is 64.9 Å². The lowest BCUT2D eigenvalue weighted by Gasteiger charge is -2.35. The second kappa shape index (κ2) is 8.17. The van der Waals surface area contributed by atoms with Gasteiger partial charge >= 0.3 is 12.2 Å². The lowest BCUT2D eigenvalue weighted by atomic mass is 10.1. The molecule has 3 heterocycles. The van der Waals surface area contributed by atoms with E-state index in [1.165, 1.54) is 16.9 Å². The molecule has 1 amide bonds. The van der Waals surface area contributed by atoms with Crippen molar-refractivity contribution in [3.8, 4) is 0 Å². The van der Waals surface area contributed by atoms with Gasteiger partial charge in [0.15, 0.2) is 0 Å². The SMILES string of the molecule is Nc1ccn(C(=O)N2CCN(Cc3ccc(C(F)(F)F)cc3N3CCCC3)CC2)n1. The zero-order valence-electron chi connectivity index (χ0n) is 16.6. The van der Waals surface area contributed by atoms with Gasteiger partial charge in [0.1, 0.15) is 5.82 Å². The van der Waals surface area contributed by atoms with Gasteiger partial charge in [-0.2, -0.15) is 17.9 Å². The van der Waals surface area contributed by atoms with Crippen molar-refractivity contribution in [2.45, 2.75) is 25.6 Å². The van der Waals surface area contributed by atoms with Crippen molar-refractivity contribution in [3.63, 3.8) is 0 Å². The van der Waals surface area contributed by atoms with Crippen molar-refractivity contribution >= 4 is 17.5 Å². The molecule has 0 bridgehead atoms. The average molecular weight is 422 g/mol. The van der Waals surface area contributed by atoms with E-state index in [9.17, 15) is 18.0 Å². The van der Waals surface area contributed by atoms with E-state index in [-0.39, 0.29) is 6.03 Å². The van der Waals surface area contributed by atoms with Crippen molar-refractivity contribution in [2.75, 3.05) is 49.9 Å². The summed E-state index contributed by atoms with van der Waals surface area (Å²) < 4.78 is 40.9. The quantitative estimate of drug-likeness (QED) is 0.824. The molecule has 0 aliphatic carbocycles. The number of hydrogen-bond donors (Lipinski definition) is 1. The molecule has 2 saturated heterocycles. The van der Waals surface area contributed by atoms with Crippen molar-refractivity contribution in [1.82, 2.24) is 19.6 Å². The maximum absolute atomic E-state index is 13.2. The van der Waals surface area contributed by atoms with Crippen molar-refractivity contribution in [2.24, 2.45) is 0 Å². The molecule has 2 aliphatic rings. The van der Waals surface area contributed by atoms with Crippen LogP contribution >= 0.6 is 0 Å². The number of hydrogen-bond acceptors (Lipinski definition) is 5. The molecule has 30 heavy (non-hydrogen) atoms. The van der Waals surface area contributed by atoms with Crippen LogP contribution in [0, 0.1) is 0 Å². The molecule has 1 aromatic heterocycles. The van der Waals surface area contributed by atoms with Crippen LogP contribution in [0.25, 0.3) is 0 Å². The first-order valence-electron chi connectivity index (χ1n) is 10.1. The summed E-state index contributed by atoms with van der Waals surface area (Å²) in [4.78, 5) is 18.4. The van der Waals surface area contributed by atoms with Gasteiger partial charge in [0.2, 0.25) is 0 Å². The van der Waals surface area contributed by atoms with Crippen molar-refractivity contribution in [3.05, 3.63) is 41.6 Å². The minimum atomic E-state index is -4.35. The number of nitrogen functional groups attached to an aromatic ring is 1. The Morgan fingerprint density at radius 1 is 1.03 bits per heavy atom. The largest absolute Gasteiger partial charge is 0.416 e. The number of alkyl halides is 3. The molecule has 2 N–H and O–H groups in total. The Morgan fingerprint density at radius 2 is 1.73 bits per heavy atom. The van der Waals surface area contributed by atoms with Crippen LogP contribution in [0.5, 0.6) is 0 Å². The van der Waals surface area contributed by atoms with Gasteiger partial charge in [-0.1, -0.05) is 6.07 Å². The van der Waals surface area contributed by atoms with Crippen LogP contribution in [-0.2, 0) is 12.7 Å². The summed E-state index contributed by atoms with van der Waals surface area (Å²) in [5.74, 6) is 0.290. The summed E-state index contributed by atoms with van der Waals surface area (Å²) in [6, 6.07) is 5.39. The van der Waals surface area contributed by atoms with Crippen molar-refractivity contribution in [1.29, 1.82) is 0 Å². The number of halogens is 3. The van der Waals surface area contributed by atoms with Crippen LogP contribution in [0.4, 0.5) is 29.5 Å². The van der Waals surface area contributed by atoms with Gasteiger partial charge in [-0.3, -0.25) is 4.90 Å². The number of rotatable bonds is 3. The summed E-state index contributed by atoms with van der Waals surface area (Å²) in [5, 5.41) is 3.95. The fourth-order valence-electron chi connectivity index (χ4n) is 4.05. The van der Waals surface area contributed by atoms with Gasteiger partial charge in [-0.15, -0.1) is 5.10 Å². The number of amides is 1. The highest BCUT2D eigenvalue weighted by atomic mass is 19.4. The first kappa shape index (κ1) is 20.5. The van der Waals surface area contributed by atoms with Gasteiger partial charge in [-0.05, 0) is 30.5 Å². The molecule has 7 nitrogen and oxygen atoms in total. The van der Waals surface area contributed by atoms with E-state index in [1.54, 1.807) is 17.0 Å². The average Bonchev–Trinajstić information content (AvgIpc) is 3.39. The topological polar surface area (TPSA) is 70.6 Å². The Balaban J connectivity index is 1.44. The molecule has 0 unspecified atom stereocenters. The van der Waals surface area contributed by atoms with Crippen LogP contribution < -0.4 is 10.6 Å². The Kier molecular flexibility index (Phi) is 5.59. The van der Waals surface area contributed by atoms with Gasteiger partial charge in [-0.25, -0.2) is 4.79 Å². The van der Waals surface area contributed by atoms with Crippen LogP contribution in [0.15, 0.2) is 30.5 Å². The maximum atomic E-state index is 13.2. The third kappa shape index (κ3) is 4.38. The number of nitrogens with zero attached hydrogens (tertiary/aromatic N) is 5. The van der Waals surface area contributed by atoms with E-state index in [2.05, 4.69) is 10.00 Å². The van der Waals surface area contributed by atoms with Crippen LogP contribution in [0.3, 0.4) is 0 Å². The van der Waals surface area contributed by atoms with Crippen LogP contribution in [0.1, 0.15) is 24.0 Å². The summed E-state index contributed by atoms with van der Waals surface area (Å²) in [5.41, 5.74) is 6.53. The third-order valence-corrected chi connectivity index (χ3v) is 5.70. The second-order valence-corrected chi connectivity index (χ2v) is 7.77. The van der Waals surface area contributed by atoms with Gasteiger partial charge in [0.05, 0.1) is 5.56 Å². The molecule has 162 valence electrons. The minimum Gasteiger partial charge on any atom is -0.382 e. The van der Waals surface area contributed by atoms with Gasteiger partial charge < -0.3 is 15.5 Å². The minimum absolute atomic E-state index is 0.223. The van der Waals surface area contributed by atoms with E-state index in [1.807, 2.05) is 4.90 Å². The second-order valence-electron chi connectivity index (χ2n) is 7.77. The summed E-state index contributed by atoms with van der Waals surface area (Å²) in [7, 11) is 0. The van der Waals surface area contributed by atoms with E-state index < -0.39 is 11.7 Å². The Labute approximate surface area is 172 Å². The molecule has 10 heteroatoms. The van der Waals surface area contributed by atoms with Crippen LogP contribution in [0.2, 0.25) is 0 Å². The highest BCUT2D eigenvalue weighted by molar-refractivity contribution is 5.76. The number of carbonyl (C=O) groups is 1. The lowest BCUT2D eigenvalue weighted by molar-refractivity contribution is -0.137. The first-order valence-corrected chi connectivity index (χ1v) is 10.1. The summed E-state index contributed by atoms with van der Waals surface area (Å²) >= 11 is 0. The van der Waals surface area contributed by atoms with Crippen molar-refractivity contribution < 1.29 is 18.0 Å². The zero-order valence-corrected chi connectivity index (χ0v) is 16.6. The lowest BCUT2D eigenvalue weighted by Crippen LogP contribution is -2.49. The Hall–Kier alpha value is -2.75. The fraction of sp³-hybridized carbons (Fsp3) is 0.500. The highest BCUT2D eigenvalue weighted by Gasteiger charge is 2.32. The molecular weight excluding hydrogens is 397 g/mol. The van der Waals surface area contributed by atoms with E-state index >= 15 is 0 Å². The van der Waals surface area contributed by atoms with E-state index in [0.29, 0.717) is 44.2 Å². The van der Waals surface area contributed by atoms with Gasteiger partial charge in [0, 0.05) is 63.8 Å². The summed E-state index contributed by atoms with van der Waals surface area (Å²) in [6.45, 7) is 4.45. The number of carbonyl (C=O) groups excluding carboxylic acids is 1. The molecule has 1 aromatic carbocycles. The number of anilines is 2. The fourth-order valence-corrected chi connectivity index (χ4v) is 4.05. The predicted octanol–water partition coefficient (Wildman–Crippen LogP) is 2.87.